The molecule has 1 saturated heterocycles. The first kappa shape index (κ1) is 20.6. The first-order valence-electron chi connectivity index (χ1n) is 9.09. The van der Waals surface area contributed by atoms with Crippen LogP contribution in [-0.2, 0) is 14.7 Å². The Morgan fingerprint density at radius 2 is 1.73 bits per heavy atom. The molecule has 0 aromatic carbocycles. The van der Waals surface area contributed by atoms with Crippen molar-refractivity contribution in [1.29, 1.82) is 0 Å². The predicted octanol–water partition coefficient (Wildman–Crippen LogP) is 5.00. The van der Waals surface area contributed by atoms with Gasteiger partial charge in [0.2, 0.25) is 0 Å². The smallest absolute Gasteiger partial charge is 0.399 e. The summed E-state index contributed by atoms with van der Waals surface area (Å²) in [4.78, 5) is 9.16. The molecule has 4 nitrogen and oxygen atoms in total. The third-order valence-electron chi connectivity index (χ3n) is 5.03. The van der Waals surface area contributed by atoms with E-state index in [1.54, 1.807) is 6.21 Å². The first-order chi connectivity index (χ1) is 11.9. The van der Waals surface area contributed by atoms with Crippen molar-refractivity contribution >= 4 is 19.0 Å². The molecule has 26 heavy (non-hydrogen) atoms. The third kappa shape index (κ3) is 4.33. The molecule has 5 heteroatoms. The van der Waals surface area contributed by atoms with Gasteiger partial charge in [-0.05, 0) is 52.2 Å². The molecular weight excluding hydrogens is 323 g/mol. The lowest BCUT2D eigenvalue weighted by atomic mass is 9.80. The second-order valence-corrected chi connectivity index (χ2v) is 8.78. The molecule has 0 spiro atoms. The fourth-order valence-corrected chi connectivity index (χ4v) is 2.51. The van der Waals surface area contributed by atoms with Crippen molar-refractivity contribution < 1.29 is 9.31 Å². The maximum absolute atomic E-state index is 6.01. The molecule has 0 atom stereocenters. The Kier molecular flexibility index (Phi) is 5.64. The van der Waals surface area contributed by atoms with Crippen LogP contribution < -0.4 is 0 Å². The summed E-state index contributed by atoms with van der Waals surface area (Å²) in [6, 6.07) is 4.11. The third-order valence-corrected chi connectivity index (χ3v) is 5.03. The Morgan fingerprint density at radius 3 is 2.15 bits per heavy atom. The molecular formula is C21H31BN2O2. The van der Waals surface area contributed by atoms with E-state index in [9.17, 15) is 0 Å². The molecule has 0 aliphatic carbocycles. The summed E-state index contributed by atoms with van der Waals surface area (Å²) in [5.74, 6) is 0. The van der Waals surface area contributed by atoms with Crippen LogP contribution >= 0.6 is 0 Å². The van der Waals surface area contributed by atoms with Crippen LogP contribution in [-0.4, -0.2) is 29.5 Å². The van der Waals surface area contributed by atoms with Gasteiger partial charge in [0, 0.05) is 29.1 Å². The Labute approximate surface area is 158 Å². The molecule has 0 amide bonds. The fourth-order valence-electron chi connectivity index (χ4n) is 2.51. The number of aliphatic imine (C=N–C) groups is 1. The maximum atomic E-state index is 6.01. The SMILES string of the molecule is C=C(/C=N\C(=C/C)c1ccc(C(C)(C)C)nc1)B1OC(C)(C)C(C)(C)O1. The molecule has 2 heterocycles. The van der Waals surface area contributed by atoms with Gasteiger partial charge in [-0.1, -0.05) is 33.4 Å². The van der Waals surface area contributed by atoms with Crippen molar-refractivity contribution in [2.24, 2.45) is 4.99 Å². The van der Waals surface area contributed by atoms with Gasteiger partial charge in [0.25, 0.3) is 0 Å². The molecule has 0 radical (unpaired) electrons. The van der Waals surface area contributed by atoms with Crippen LogP contribution in [0.4, 0.5) is 0 Å². The fraction of sp³-hybridized carbons (Fsp3) is 0.524. The second kappa shape index (κ2) is 7.13. The highest BCUT2D eigenvalue weighted by atomic mass is 16.7. The Morgan fingerprint density at radius 1 is 1.15 bits per heavy atom. The van der Waals surface area contributed by atoms with Gasteiger partial charge in [-0.3, -0.25) is 9.98 Å². The summed E-state index contributed by atoms with van der Waals surface area (Å²) in [5, 5.41) is 0. The minimum absolute atomic E-state index is 0.0307. The molecule has 0 bridgehead atoms. The van der Waals surface area contributed by atoms with E-state index in [0.29, 0.717) is 5.47 Å². The largest absolute Gasteiger partial charge is 0.495 e. The number of allylic oxidation sites excluding steroid dienone is 2. The van der Waals surface area contributed by atoms with Crippen LogP contribution in [0.5, 0.6) is 0 Å². The van der Waals surface area contributed by atoms with Gasteiger partial charge in [0.1, 0.15) is 0 Å². The van der Waals surface area contributed by atoms with Gasteiger partial charge in [-0.15, -0.1) is 0 Å². The van der Waals surface area contributed by atoms with Gasteiger partial charge < -0.3 is 9.31 Å². The minimum Gasteiger partial charge on any atom is -0.399 e. The van der Waals surface area contributed by atoms with Gasteiger partial charge in [-0.2, -0.15) is 0 Å². The number of rotatable bonds is 4. The molecule has 0 saturated carbocycles. The summed E-state index contributed by atoms with van der Waals surface area (Å²) in [6.07, 6.45) is 5.54. The average molecular weight is 354 g/mol. The van der Waals surface area contributed by atoms with Gasteiger partial charge in [-0.25, -0.2) is 0 Å². The highest BCUT2D eigenvalue weighted by Crippen LogP contribution is 2.38. The lowest BCUT2D eigenvalue weighted by Gasteiger charge is -2.32. The zero-order valence-corrected chi connectivity index (χ0v) is 17.4. The quantitative estimate of drug-likeness (QED) is 0.565. The van der Waals surface area contributed by atoms with Gasteiger partial charge in [0.15, 0.2) is 0 Å². The molecule has 0 unspecified atom stereocenters. The van der Waals surface area contributed by atoms with E-state index < -0.39 is 7.12 Å². The van der Waals surface area contributed by atoms with Crippen LogP contribution in [0.3, 0.4) is 0 Å². The Bertz CT molecular complexity index is 709. The number of hydrogen-bond donors (Lipinski definition) is 0. The summed E-state index contributed by atoms with van der Waals surface area (Å²) in [6.45, 7) is 20.6. The highest BCUT2D eigenvalue weighted by molar-refractivity contribution is 6.60. The zero-order chi connectivity index (χ0) is 19.8. The van der Waals surface area contributed by atoms with E-state index in [-0.39, 0.29) is 16.6 Å². The number of nitrogens with zero attached hydrogens (tertiary/aromatic N) is 2. The molecule has 1 aromatic heterocycles. The van der Waals surface area contributed by atoms with Crippen molar-refractivity contribution in [3.05, 3.63) is 47.7 Å². The molecule has 0 N–H and O–H groups in total. The predicted molar refractivity (Wildman–Crippen MR) is 110 cm³/mol. The average Bonchev–Trinajstić information content (AvgIpc) is 2.75. The number of aromatic nitrogens is 1. The number of hydrogen-bond acceptors (Lipinski definition) is 4. The number of pyridine rings is 1. The minimum atomic E-state index is -0.483. The summed E-state index contributed by atoms with van der Waals surface area (Å²) in [7, 11) is -0.483. The molecule has 2 rings (SSSR count). The monoisotopic (exact) mass is 354 g/mol. The lowest BCUT2D eigenvalue weighted by molar-refractivity contribution is 0.00578. The van der Waals surface area contributed by atoms with Crippen molar-refractivity contribution in [3.8, 4) is 0 Å². The molecule has 1 fully saturated rings. The van der Waals surface area contributed by atoms with Crippen LogP contribution in [0.1, 0.15) is 66.6 Å². The summed E-state index contributed by atoms with van der Waals surface area (Å²) in [5.41, 5.74) is 2.83. The van der Waals surface area contributed by atoms with E-state index in [1.807, 2.05) is 46.9 Å². The summed E-state index contributed by atoms with van der Waals surface area (Å²) >= 11 is 0. The van der Waals surface area contributed by atoms with E-state index in [0.717, 1.165) is 17.0 Å². The van der Waals surface area contributed by atoms with Crippen molar-refractivity contribution in [2.75, 3.05) is 0 Å². The molecule has 1 aromatic rings. The van der Waals surface area contributed by atoms with Crippen molar-refractivity contribution in [3.63, 3.8) is 0 Å². The zero-order valence-electron chi connectivity index (χ0n) is 17.4. The second-order valence-electron chi connectivity index (χ2n) is 8.78. The maximum Gasteiger partial charge on any atom is 0.495 e. The van der Waals surface area contributed by atoms with E-state index >= 15 is 0 Å². The molecule has 1 aliphatic rings. The van der Waals surface area contributed by atoms with Gasteiger partial charge in [0.05, 0.1) is 16.9 Å². The van der Waals surface area contributed by atoms with Crippen LogP contribution in [0.2, 0.25) is 0 Å². The first-order valence-corrected chi connectivity index (χ1v) is 9.09. The van der Waals surface area contributed by atoms with Gasteiger partial charge >= 0.3 is 7.12 Å². The lowest BCUT2D eigenvalue weighted by Crippen LogP contribution is -2.41. The van der Waals surface area contributed by atoms with Crippen molar-refractivity contribution in [2.45, 2.75) is 72.0 Å². The summed E-state index contributed by atoms with van der Waals surface area (Å²) < 4.78 is 12.0. The van der Waals surface area contributed by atoms with Crippen LogP contribution in [0.15, 0.2) is 41.4 Å². The highest BCUT2D eigenvalue weighted by Gasteiger charge is 2.51. The van der Waals surface area contributed by atoms with Crippen molar-refractivity contribution in [1.82, 2.24) is 4.98 Å². The molecule has 140 valence electrons. The topological polar surface area (TPSA) is 43.7 Å². The van der Waals surface area contributed by atoms with E-state index in [4.69, 9.17) is 9.31 Å². The normalized spacial score (nSPS) is 20.0. The Balaban J connectivity index is 2.12. The van der Waals surface area contributed by atoms with E-state index in [1.165, 1.54) is 0 Å². The van der Waals surface area contributed by atoms with Crippen LogP contribution in [0.25, 0.3) is 5.70 Å². The van der Waals surface area contributed by atoms with Crippen LogP contribution in [0, 0.1) is 0 Å². The molecule has 1 aliphatic heterocycles. The standard InChI is InChI=1S/C21H31BN2O2/c1-10-17(16-11-12-18(24-14-16)19(3,4)5)23-13-15(2)22-25-20(6,7)21(8,9)26-22/h10-14H,2H2,1,3-9H3/b17-10-,23-13-. The Hall–Kier alpha value is -1.72. The van der Waals surface area contributed by atoms with E-state index in [2.05, 4.69) is 49.5 Å².